The molecular weight excluding hydrogens is 278 g/mol. The van der Waals surface area contributed by atoms with Crippen LogP contribution in [0.2, 0.25) is 5.02 Å². The highest BCUT2D eigenvalue weighted by Crippen LogP contribution is 2.18. The fraction of sp³-hybridized carbons (Fsp3) is 0.533. The summed E-state index contributed by atoms with van der Waals surface area (Å²) < 4.78 is 5.41. The number of rotatable bonds is 5. The first-order valence-corrected chi connectivity index (χ1v) is 7.24. The maximum Gasteiger partial charge on any atom is 0.305 e. The Labute approximate surface area is 124 Å². The zero-order valence-electron chi connectivity index (χ0n) is 11.6. The number of hydrogen-bond donors (Lipinski definition) is 1. The van der Waals surface area contributed by atoms with Gasteiger partial charge in [0.05, 0.1) is 19.6 Å². The molecular formula is C15H20ClNO3. The standard InChI is InChI=1S/C15H20ClNO3/c1-11(8-12-2-4-13(16)5-3-12)17-6-7-20-10-14(17)9-15(18)19/h2-5,11,14H,6-10H2,1H3,(H,18,19). The molecule has 0 aliphatic carbocycles. The summed E-state index contributed by atoms with van der Waals surface area (Å²) in [6.45, 7) is 4.08. The van der Waals surface area contributed by atoms with Crippen LogP contribution in [0.5, 0.6) is 0 Å². The fourth-order valence-corrected chi connectivity index (χ4v) is 2.83. The molecule has 0 spiro atoms. The van der Waals surface area contributed by atoms with Gasteiger partial charge < -0.3 is 9.84 Å². The molecule has 1 aromatic carbocycles. The van der Waals surface area contributed by atoms with Crippen molar-refractivity contribution in [1.29, 1.82) is 0 Å². The molecule has 0 aromatic heterocycles. The van der Waals surface area contributed by atoms with Crippen LogP contribution < -0.4 is 0 Å². The van der Waals surface area contributed by atoms with Gasteiger partial charge in [0.25, 0.3) is 0 Å². The van der Waals surface area contributed by atoms with Crippen LogP contribution in [0.15, 0.2) is 24.3 Å². The van der Waals surface area contributed by atoms with Gasteiger partial charge in [0, 0.05) is 23.7 Å². The van der Waals surface area contributed by atoms with Crippen molar-refractivity contribution in [1.82, 2.24) is 4.90 Å². The molecule has 0 bridgehead atoms. The molecule has 4 nitrogen and oxygen atoms in total. The van der Waals surface area contributed by atoms with Crippen molar-refractivity contribution >= 4 is 17.6 Å². The van der Waals surface area contributed by atoms with Crippen molar-refractivity contribution in [2.24, 2.45) is 0 Å². The molecule has 1 aliphatic heterocycles. The number of hydrogen-bond acceptors (Lipinski definition) is 3. The summed E-state index contributed by atoms with van der Waals surface area (Å²) >= 11 is 5.89. The highest BCUT2D eigenvalue weighted by atomic mass is 35.5. The Bertz CT molecular complexity index is 449. The molecule has 0 radical (unpaired) electrons. The molecule has 20 heavy (non-hydrogen) atoms. The van der Waals surface area contributed by atoms with E-state index in [-0.39, 0.29) is 18.5 Å². The Morgan fingerprint density at radius 1 is 1.50 bits per heavy atom. The van der Waals surface area contributed by atoms with Crippen molar-refractivity contribution in [3.8, 4) is 0 Å². The number of nitrogens with zero attached hydrogens (tertiary/aromatic N) is 1. The van der Waals surface area contributed by atoms with Crippen molar-refractivity contribution < 1.29 is 14.6 Å². The first kappa shape index (κ1) is 15.3. The van der Waals surface area contributed by atoms with E-state index in [9.17, 15) is 4.79 Å². The number of benzene rings is 1. The number of halogens is 1. The van der Waals surface area contributed by atoms with E-state index < -0.39 is 5.97 Å². The van der Waals surface area contributed by atoms with Gasteiger partial charge in [-0.1, -0.05) is 23.7 Å². The number of carbonyl (C=O) groups is 1. The SMILES string of the molecule is CC(Cc1ccc(Cl)cc1)N1CCOCC1CC(=O)O. The van der Waals surface area contributed by atoms with Crippen molar-refractivity contribution in [2.45, 2.75) is 31.8 Å². The monoisotopic (exact) mass is 297 g/mol. The molecule has 1 N–H and O–H groups in total. The van der Waals surface area contributed by atoms with Crippen LogP contribution in [-0.4, -0.2) is 47.8 Å². The lowest BCUT2D eigenvalue weighted by Gasteiger charge is -2.39. The summed E-state index contributed by atoms with van der Waals surface area (Å²) in [5, 5.41) is 9.72. The maximum atomic E-state index is 10.9. The highest BCUT2D eigenvalue weighted by molar-refractivity contribution is 6.30. The normalized spacial score (nSPS) is 21.6. The number of aliphatic carboxylic acids is 1. The van der Waals surface area contributed by atoms with Crippen molar-refractivity contribution in [2.75, 3.05) is 19.8 Å². The molecule has 1 aliphatic rings. The van der Waals surface area contributed by atoms with Crippen LogP contribution >= 0.6 is 11.6 Å². The van der Waals surface area contributed by atoms with E-state index in [1.54, 1.807) is 0 Å². The average molecular weight is 298 g/mol. The van der Waals surface area contributed by atoms with E-state index in [1.165, 1.54) is 5.56 Å². The number of carboxylic acids is 1. The van der Waals surface area contributed by atoms with E-state index in [0.717, 1.165) is 18.0 Å². The number of morpholine rings is 1. The molecule has 5 heteroatoms. The predicted octanol–water partition coefficient (Wildman–Crippen LogP) is 2.45. The van der Waals surface area contributed by atoms with Gasteiger partial charge in [-0.25, -0.2) is 0 Å². The zero-order chi connectivity index (χ0) is 14.5. The summed E-state index contributed by atoms with van der Waals surface area (Å²) in [5.41, 5.74) is 1.21. The van der Waals surface area contributed by atoms with Crippen molar-refractivity contribution in [3.05, 3.63) is 34.9 Å². The van der Waals surface area contributed by atoms with Crippen molar-refractivity contribution in [3.63, 3.8) is 0 Å². The lowest BCUT2D eigenvalue weighted by molar-refractivity contribution is -0.140. The molecule has 2 unspecified atom stereocenters. The Balaban J connectivity index is 1.99. The second kappa shape index (κ2) is 7.07. The predicted molar refractivity (Wildman–Crippen MR) is 78.2 cm³/mol. The van der Waals surface area contributed by atoms with Crippen LogP contribution in [-0.2, 0) is 16.0 Å². The smallest absolute Gasteiger partial charge is 0.305 e. The Hall–Kier alpha value is -1.10. The minimum Gasteiger partial charge on any atom is -0.481 e. The Kier molecular flexibility index (Phi) is 5.40. The first-order valence-electron chi connectivity index (χ1n) is 6.86. The fourth-order valence-electron chi connectivity index (χ4n) is 2.70. The molecule has 2 atom stereocenters. The zero-order valence-corrected chi connectivity index (χ0v) is 12.3. The van der Waals surface area contributed by atoms with Gasteiger partial charge in [0.2, 0.25) is 0 Å². The quantitative estimate of drug-likeness (QED) is 0.907. The van der Waals surface area contributed by atoms with E-state index in [4.69, 9.17) is 21.4 Å². The summed E-state index contributed by atoms with van der Waals surface area (Å²) in [4.78, 5) is 13.2. The molecule has 1 aromatic rings. The summed E-state index contributed by atoms with van der Waals surface area (Å²) in [5.74, 6) is -0.774. The van der Waals surface area contributed by atoms with E-state index in [1.807, 2.05) is 24.3 Å². The first-order chi connectivity index (χ1) is 9.56. The second-order valence-electron chi connectivity index (χ2n) is 5.24. The molecule has 1 heterocycles. The van der Waals surface area contributed by atoms with Gasteiger partial charge in [0.15, 0.2) is 0 Å². The molecule has 1 saturated heterocycles. The van der Waals surface area contributed by atoms with Gasteiger partial charge in [-0.05, 0) is 31.0 Å². The maximum absolute atomic E-state index is 10.9. The van der Waals surface area contributed by atoms with Crippen LogP contribution in [0, 0.1) is 0 Å². The number of ether oxygens (including phenoxy) is 1. The van der Waals surface area contributed by atoms with Gasteiger partial charge in [-0.15, -0.1) is 0 Å². The third-order valence-electron chi connectivity index (χ3n) is 3.69. The summed E-state index contributed by atoms with van der Waals surface area (Å²) in [6, 6.07) is 8.06. The molecule has 1 fully saturated rings. The molecule has 110 valence electrons. The molecule has 2 rings (SSSR count). The van der Waals surface area contributed by atoms with Gasteiger partial charge in [0.1, 0.15) is 0 Å². The van der Waals surface area contributed by atoms with Crippen LogP contribution in [0.1, 0.15) is 18.9 Å². The molecule has 0 saturated carbocycles. The van der Waals surface area contributed by atoms with Gasteiger partial charge >= 0.3 is 5.97 Å². The third-order valence-corrected chi connectivity index (χ3v) is 3.95. The van der Waals surface area contributed by atoms with E-state index in [2.05, 4.69) is 11.8 Å². The average Bonchev–Trinajstić information content (AvgIpc) is 2.41. The lowest BCUT2D eigenvalue weighted by atomic mass is 10.0. The lowest BCUT2D eigenvalue weighted by Crippen LogP contribution is -2.51. The van der Waals surface area contributed by atoms with E-state index in [0.29, 0.717) is 13.2 Å². The minimum atomic E-state index is -0.774. The number of carboxylic acid groups (broad SMARTS) is 1. The topological polar surface area (TPSA) is 49.8 Å². The highest BCUT2D eigenvalue weighted by Gasteiger charge is 2.28. The van der Waals surface area contributed by atoms with Crippen LogP contribution in [0.3, 0.4) is 0 Å². The van der Waals surface area contributed by atoms with Gasteiger partial charge in [-0.3, -0.25) is 9.69 Å². The van der Waals surface area contributed by atoms with E-state index >= 15 is 0 Å². The molecule has 0 amide bonds. The van der Waals surface area contributed by atoms with Crippen LogP contribution in [0.4, 0.5) is 0 Å². The Morgan fingerprint density at radius 2 is 2.20 bits per heavy atom. The van der Waals surface area contributed by atoms with Gasteiger partial charge in [-0.2, -0.15) is 0 Å². The third kappa shape index (κ3) is 4.20. The van der Waals surface area contributed by atoms with Crippen LogP contribution in [0.25, 0.3) is 0 Å². The summed E-state index contributed by atoms with van der Waals surface area (Å²) in [6.07, 6.45) is 1.01. The second-order valence-corrected chi connectivity index (χ2v) is 5.68. The largest absolute Gasteiger partial charge is 0.481 e. The minimum absolute atomic E-state index is 0.0384. The summed E-state index contributed by atoms with van der Waals surface area (Å²) in [7, 11) is 0. The Morgan fingerprint density at radius 3 is 2.85 bits per heavy atom.